The Morgan fingerprint density at radius 2 is 2.24 bits per heavy atom. The number of nitrogens with one attached hydrogen (secondary N) is 1. The van der Waals surface area contributed by atoms with Gasteiger partial charge in [-0.15, -0.1) is 0 Å². The molecule has 0 saturated carbocycles. The Bertz CT molecular complexity index is 289. The summed E-state index contributed by atoms with van der Waals surface area (Å²) in [6, 6.07) is 0. The lowest BCUT2D eigenvalue weighted by molar-refractivity contribution is 0.193. The Hall–Kier alpha value is -1.07. The Labute approximate surface area is 103 Å². The minimum atomic E-state index is 0.671. The molecule has 98 valence electrons. The van der Waals surface area contributed by atoms with Crippen molar-refractivity contribution >= 4 is 0 Å². The summed E-state index contributed by atoms with van der Waals surface area (Å²) < 4.78 is 12.4. The fourth-order valence-corrected chi connectivity index (χ4v) is 1.48. The van der Waals surface area contributed by atoms with Crippen LogP contribution in [0.15, 0.2) is 12.4 Å². The molecule has 0 aliphatic carbocycles. The molecule has 0 spiro atoms. The molecule has 17 heavy (non-hydrogen) atoms. The number of hydrogen-bond acceptors (Lipinski definition) is 4. The number of aryl methyl sites for hydroxylation is 1. The van der Waals surface area contributed by atoms with Crippen molar-refractivity contribution in [1.29, 1.82) is 0 Å². The van der Waals surface area contributed by atoms with Crippen molar-refractivity contribution in [3.8, 4) is 5.75 Å². The van der Waals surface area contributed by atoms with E-state index in [9.17, 15) is 0 Å². The Kier molecular flexibility index (Phi) is 7.42. The van der Waals surface area contributed by atoms with Gasteiger partial charge in [0.05, 0.1) is 12.4 Å². The smallest absolute Gasteiger partial charge is 0.157 e. The SMILES string of the molecule is CCCn1cc(OCCNCCCOC)cn1. The summed E-state index contributed by atoms with van der Waals surface area (Å²) in [6.45, 7) is 6.36. The van der Waals surface area contributed by atoms with Crippen molar-refractivity contribution in [2.45, 2.75) is 26.3 Å². The maximum Gasteiger partial charge on any atom is 0.157 e. The van der Waals surface area contributed by atoms with E-state index in [0.29, 0.717) is 6.61 Å². The maximum atomic E-state index is 5.56. The normalized spacial score (nSPS) is 10.7. The average Bonchev–Trinajstić information content (AvgIpc) is 2.76. The lowest BCUT2D eigenvalue weighted by Gasteiger charge is -2.05. The highest BCUT2D eigenvalue weighted by molar-refractivity contribution is 5.11. The summed E-state index contributed by atoms with van der Waals surface area (Å²) in [5.74, 6) is 0.845. The van der Waals surface area contributed by atoms with Crippen molar-refractivity contribution in [1.82, 2.24) is 15.1 Å². The van der Waals surface area contributed by atoms with Crippen LogP contribution in [0, 0.1) is 0 Å². The first-order chi connectivity index (χ1) is 8.36. The van der Waals surface area contributed by atoms with Crippen LogP contribution in [0.1, 0.15) is 19.8 Å². The van der Waals surface area contributed by atoms with Gasteiger partial charge in [-0.05, 0) is 19.4 Å². The van der Waals surface area contributed by atoms with Gasteiger partial charge in [-0.1, -0.05) is 6.92 Å². The van der Waals surface area contributed by atoms with E-state index in [1.54, 1.807) is 13.3 Å². The fourth-order valence-electron chi connectivity index (χ4n) is 1.48. The highest BCUT2D eigenvalue weighted by atomic mass is 16.5. The first kappa shape index (κ1) is 14.0. The fraction of sp³-hybridized carbons (Fsp3) is 0.750. The summed E-state index contributed by atoms with van der Waals surface area (Å²) in [6.07, 6.45) is 5.82. The lowest BCUT2D eigenvalue weighted by Crippen LogP contribution is -2.22. The predicted molar refractivity (Wildman–Crippen MR) is 67.4 cm³/mol. The molecule has 0 saturated heterocycles. The third-order valence-electron chi connectivity index (χ3n) is 2.31. The molecule has 1 heterocycles. The molecule has 0 fully saturated rings. The summed E-state index contributed by atoms with van der Waals surface area (Å²) in [7, 11) is 1.72. The molecular weight excluding hydrogens is 218 g/mol. The molecule has 1 aromatic rings. The van der Waals surface area contributed by atoms with E-state index in [1.165, 1.54) is 0 Å². The van der Waals surface area contributed by atoms with Crippen LogP contribution in [-0.4, -0.2) is 43.2 Å². The van der Waals surface area contributed by atoms with Gasteiger partial charge in [0.15, 0.2) is 5.75 Å². The Morgan fingerprint density at radius 3 is 3.00 bits per heavy atom. The van der Waals surface area contributed by atoms with Gasteiger partial charge in [0.1, 0.15) is 6.61 Å². The largest absolute Gasteiger partial charge is 0.489 e. The molecule has 0 atom stereocenters. The number of aromatic nitrogens is 2. The second-order valence-corrected chi connectivity index (χ2v) is 3.88. The molecule has 0 amide bonds. The van der Waals surface area contributed by atoms with Crippen molar-refractivity contribution in [2.75, 3.05) is 33.4 Å². The quantitative estimate of drug-likeness (QED) is 0.627. The summed E-state index contributed by atoms with van der Waals surface area (Å²) >= 11 is 0. The van der Waals surface area contributed by atoms with E-state index < -0.39 is 0 Å². The number of rotatable bonds is 10. The first-order valence-corrected chi connectivity index (χ1v) is 6.21. The molecule has 0 radical (unpaired) electrons. The minimum absolute atomic E-state index is 0.671. The summed E-state index contributed by atoms with van der Waals surface area (Å²) in [5, 5.41) is 7.49. The van der Waals surface area contributed by atoms with Crippen LogP contribution in [0.3, 0.4) is 0 Å². The molecule has 5 nitrogen and oxygen atoms in total. The predicted octanol–water partition coefficient (Wildman–Crippen LogP) is 1.30. The van der Waals surface area contributed by atoms with Gasteiger partial charge in [0, 0.05) is 26.8 Å². The van der Waals surface area contributed by atoms with E-state index in [1.807, 2.05) is 10.9 Å². The Morgan fingerprint density at radius 1 is 1.35 bits per heavy atom. The topological polar surface area (TPSA) is 48.3 Å². The molecule has 1 rings (SSSR count). The van der Waals surface area contributed by atoms with Gasteiger partial charge in [0.25, 0.3) is 0 Å². The molecule has 0 unspecified atom stereocenters. The summed E-state index contributed by atoms with van der Waals surface area (Å²) in [5.41, 5.74) is 0. The van der Waals surface area contributed by atoms with Gasteiger partial charge in [-0.3, -0.25) is 4.68 Å². The number of methoxy groups -OCH3 is 1. The van der Waals surface area contributed by atoms with Gasteiger partial charge in [-0.25, -0.2) is 0 Å². The van der Waals surface area contributed by atoms with Crippen LogP contribution in [0.5, 0.6) is 5.75 Å². The molecule has 0 aliphatic rings. The van der Waals surface area contributed by atoms with Crippen molar-refractivity contribution in [3.63, 3.8) is 0 Å². The number of nitrogens with zero attached hydrogens (tertiary/aromatic N) is 2. The summed E-state index contributed by atoms with van der Waals surface area (Å²) in [4.78, 5) is 0. The van der Waals surface area contributed by atoms with E-state index in [-0.39, 0.29) is 0 Å². The van der Waals surface area contributed by atoms with Crippen molar-refractivity contribution in [2.24, 2.45) is 0 Å². The monoisotopic (exact) mass is 241 g/mol. The van der Waals surface area contributed by atoms with Crippen molar-refractivity contribution in [3.05, 3.63) is 12.4 Å². The van der Waals surface area contributed by atoms with E-state index >= 15 is 0 Å². The van der Waals surface area contributed by atoms with E-state index in [2.05, 4.69) is 17.3 Å². The molecular formula is C12H23N3O2. The maximum absolute atomic E-state index is 5.56. The number of hydrogen-bond donors (Lipinski definition) is 1. The van der Waals surface area contributed by atoms with Gasteiger partial charge in [0.2, 0.25) is 0 Å². The third kappa shape index (κ3) is 6.28. The third-order valence-corrected chi connectivity index (χ3v) is 2.31. The second kappa shape index (κ2) is 9.01. The van der Waals surface area contributed by atoms with E-state index in [0.717, 1.165) is 44.8 Å². The zero-order chi connectivity index (χ0) is 12.3. The Balaban J connectivity index is 2.01. The highest BCUT2D eigenvalue weighted by Gasteiger charge is 1.98. The van der Waals surface area contributed by atoms with Crippen LogP contribution < -0.4 is 10.1 Å². The zero-order valence-electron chi connectivity index (χ0n) is 10.8. The molecule has 1 N–H and O–H groups in total. The van der Waals surface area contributed by atoms with Crippen LogP contribution in [0.2, 0.25) is 0 Å². The second-order valence-electron chi connectivity index (χ2n) is 3.88. The van der Waals surface area contributed by atoms with Gasteiger partial charge < -0.3 is 14.8 Å². The standard InChI is InChI=1S/C12H23N3O2/c1-3-7-15-11-12(10-14-15)17-9-6-13-5-4-8-16-2/h10-11,13H,3-9H2,1-2H3. The van der Waals surface area contributed by atoms with Crippen LogP contribution in [0.25, 0.3) is 0 Å². The van der Waals surface area contributed by atoms with Crippen LogP contribution >= 0.6 is 0 Å². The molecule has 1 aromatic heterocycles. The van der Waals surface area contributed by atoms with Crippen molar-refractivity contribution < 1.29 is 9.47 Å². The highest BCUT2D eigenvalue weighted by Crippen LogP contribution is 2.07. The molecule has 5 heteroatoms. The van der Waals surface area contributed by atoms with Crippen LogP contribution in [-0.2, 0) is 11.3 Å². The molecule has 0 aromatic carbocycles. The number of ether oxygens (including phenoxy) is 2. The molecule has 0 bridgehead atoms. The minimum Gasteiger partial charge on any atom is -0.489 e. The zero-order valence-corrected chi connectivity index (χ0v) is 10.8. The van der Waals surface area contributed by atoms with Crippen LogP contribution in [0.4, 0.5) is 0 Å². The van der Waals surface area contributed by atoms with E-state index in [4.69, 9.17) is 9.47 Å². The lowest BCUT2D eigenvalue weighted by atomic mass is 10.4. The molecule has 0 aliphatic heterocycles. The average molecular weight is 241 g/mol. The van der Waals surface area contributed by atoms with Gasteiger partial charge in [-0.2, -0.15) is 5.10 Å². The van der Waals surface area contributed by atoms with Gasteiger partial charge >= 0.3 is 0 Å². The first-order valence-electron chi connectivity index (χ1n) is 6.21.